The highest BCUT2D eigenvalue weighted by atomic mass is 16.3. The van der Waals surface area contributed by atoms with E-state index in [4.69, 9.17) is 0 Å². The summed E-state index contributed by atoms with van der Waals surface area (Å²) in [6, 6.07) is 0.449. The minimum absolute atomic E-state index is 0.0209. The minimum Gasteiger partial charge on any atom is -0.396 e. The van der Waals surface area contributed by atoms with Gasteiger partial charge in [-0.05, 0) is 25.7 Å². The Morgan fingerprint density at radius 1 is 1.35 bits per heavy atom. The zero-order valence-corrected chi connectivity index (χ0v) is 11.1. The first-order chi connectivity index (χ1) is 8.15. The van der Waals surface area contributed by atoms with Gasteiger partial charge in [0.2, 0.25) is 5.91 Å². The Bertz CT molecular complexity index is 227. The number of aliphatic hydroxyl groups is 1. The van der Waals surface area contributed by atoms with E-state index in [1.807, 2.05) is 0 Å². The molecule has 1 amide bonds. The molecule has 0 aliphatic heterocycles. The lowest BCUT2D eigenvalue weighted by molar-refractivity contribution is -0.121. The standard InChI is InChI=1S/C13H26N2O2/c1-3-13(4-2,10-16)9-14-8-7-12(17)15-11-5-6-11/h11,14,16H,3-10H2,1-2H3,(H,15,17). The zero-order chi connectivity index (χ0) is 12.7. The van der Waals surface area contributed by atoms with Crippen LogP contribution in [-0.2, 0) is 4.79 Å². The Hall–Kier alpha value is -0.610. The van der Waals surface area contributed by atoms with Crippen molar-refractivity contribution in [1.82, 2.24) is 10.6 Å². The van der Waals surface area contributed by atoms with E-state index in [9.17, 15) is 9.90 Å². The largest absolute Gasteiger partial charge is 0.396 e. The molecule has 0 aromatic heterocycles. The molecule has 0 aromatic rings. The summed E-state index contributed by atoms with van der Waals surface area (Å²) in [6.07, 6.45) is 4.73. The Morgan fingerprint density at radius 2 is 2.00 bits per heavy atom. The number of rotatable bonds is 9. The van der Waals surface area contributed by atoms with Gasteiger partial charge in [0.25, 0.3) is 0 Å². The summed E-state index contributed by atoms with van der Waals surface area (Å²) in [5.74, 6) is 0.141. The van der Waals surface area contributed by atoms with Gasteiger partial charge in [-0.3, -0.25) is 4.79 Å². The molecule has 4 heteroatoms. The van der Waals surface area contributed by atoms with Gasteiger partial charge in [-0.1, -0.05) is 13.8 Å². The SMILES string of the molecule is CCC(CC)(CO)CNCCC(=O)NC1CC1. The normalized spacial score (nSPS) is 15.9. The molecular formula is C13H26N2O2. The number of amides is 1. The molecule has 1 aliphatic rings. The third-order valence-corrected chi connectivity index (χ3v) is 3.81. The molecule has 1 rings (SSSR count). The summed E-state index contributed by atoms with van der Waals surface area (Å²) in [6.45, 7) is 5.89. The van der Waals surface area contributed by atoms with E-state index in [0.717, 1.165) is 32.2 Å². The molecule has 0 spiro atoms. The number of carbonyl (C=O) groups excluding carboxylic acids is 1. The second-order valence-corrected chi connectivity index (χ2v) is 5.13. The molecule has 0 radical (unpaired) electrons. The fraction of sp³-hybridized carbons (Fsp3) is 0.923. The van der Waals surface area contributed by atoms with Crippen molar-refractivity contribution in [3.8, 4) is 0 Å². The average molecular weight is 242 g/mol. The first kappa shape index (κ1) is 14.5. The average Bonchev–Trinajstić information content (AvgIpc) is 3.14. The Kier molecular flexibility index (Phi) is 5.92. The third-order valence-electron chi connectivity index (χ3n) is 3.81. The van der Waals surface area contributed by atoms with Crippen LogP contribution in [0.25, 0.3) is 0 Å². The van der Waals surface area contributed by atoms with Gasteiger partial charge in [0.05, 0.1) is 0 Å². The van der Waals surface area contributed by atoms with E-state index in [2.05, 4.69) is 24.5 Å². The maximum Gasteiger partial charge on any atom is 0.221 e. The maximum atomic E-state index is 11.4. The van der Waals surface area contributed by atoms with Crippen LogP contribution in [0.15, 0.2) is 0 Å². The molecule has 4 nitrogen and oxygen atoms in total. The van der Waals surface area contributed by atoms with Gasteiger partial charge in [-0.2, -0.15) is 0 Å². The molecule has 0 aromatic carbocycles. The van der Waals surface area contributed by atoms with E-state index in [1.165, 1.54) is 0 Å². The monoisotopic (exact) mass is 242 g/mol. The number of carbonyl (C=O) groups is 1. The minimum atomic E-state index is -0.0209. The third kappa shape index (κ3) is 5.04. The molecule has 1 fully saturated rings. The van der Waals surface area contributed by atoms with Crippen LogP contribution >= 0.6 is 0 Å². The van der Waals surface area contributed by atoms with Crippen LogP contribution in [0, 0.1) is 5.41 Å². The zero-order valence-electron chi connectivity index (χ0n) is 11.1. The number of hydrogen-bond acceptors (Lipinski definition) is 3. The predicted molar refractivity (Wildman–Crippen MR) is 68.8 cm³/mol. The van der Waals surface area contributed by atoms with Crippen molar-refractivity contribution in [3.63, 3.8) is 0 Å². The molecule has 1 saturated carbocycles. The van der Waals surface area contributed by atoms with E-state index in [-0.39, 0.29) is 17.9 Å². The van der Waals surface area contributed by atoms with Crippen LogP contribution in [0.3, 0.4) is 0 Å². The second-order valence-electron chi connectivity index (χ2n) is 5.13. The van der Waals surface area contributed by atoms with Crippen molar-refractivity contribution >= 4 is 5.91 Å². The number of hydrogen-bond donors (Lipinski definition) is 3. The molecule has 100 valence electrons. The van der Waals surface area contributed by atoms with Crippen molar-refractivity contribution < 1.29 is 9.90 Å². The van der Waals surface area contributed by atoms with Crippen molar-refractivity contribution in [1.29, 1.82) is 0 Å². The number of aliphatic hydroxyl groups excluding tert-OH is 1. The molecule has 0 unspecified atom stereocenters. The van der Waals surface area contributed by atoms with Crippen LogP contribution in [0.4, 0.5) is 0 Å². The highest BCUT2D eigenvalue weighted by Crippen LogP contribution is 2.24. The summed E-state index contributed by atoms with van der Waals surface area (Å²) >= 11 is 0. The lowest BCUT2D eigenvalue weighted by Crippen LogP contribution is -2.38. The van der Waals surface area contributed by atoms with Gasteiger partial charge in [0, 0.05) is 37.6 Å². The quantitative estimate of drug-likeness (QED) is 0.530. The van der Waals surface area contributed by atoms with E-state index >= 15 is 0 Å². The molecule has 3 N–H and O–H groups in total. The molecule has 1 aliphatic carbocycles. The van der Waals surface area contributed by atoms with Gasteiger partial charge >= 0.3 is 0 Å². The summed E-state index contributed by atoms with van der Waals surface area (Å²) in [5, 5.41) is 15.6. The second kappa shape index (κ2) is 6.97. The predicted octanol–water partition coefficient (Wildman–Crippen LogP) is 1.04. The topological polar surface area (TPSA) is 61.4 Å². The molecule has 17 heavy (non-hydrogen) atoms. The van der Waals surface area contributed by atoms with Crippen LogP contribution in [-0.4, -0.2) is 36.8 Å². The van der Waals surface area contributed by atoms with Crippen LogP contribution in [0.5, 0.6) is 0 Å². The molecule has 0 saturated heterocycles. The smallest absolute Gasteiger partial charge is 0.221 e. The molecule has 0 bridgehead atoms. The Morgan fingerprint density at radius 3 is 2.47 bits per heavy atom. The van der Waals surface area contributed by atoms with E-state index in [0.29, 0.717) is 19.0 Å². The first-order valence-corrected chi connectivity index (χ1v) is 6.76. The Balaban J connectivity index is 2.10. The van der Waals surface area contributed by atoms with Gasteiger partial charge in [0.1, 0.15) is 0 Å². The van der Waals surface area contributed by atoms with Crippen LogP contribution < -0.4 is 10.6 Å². The van der Waals surface area contributed by atoms with Crippen molar-refractivity contribution in [2.45, 2.75) is 52.0 Å². The Labute approximate surface area is 104 Å². The molecule has 0 heterocycles. The lowest BCUT2D eigenvalue weighted by Gasteiger charge is -2.29. The highest BCUT2D eigenvalue weighted by Gasteiger charge is 2.25. The maximum absolute atomic E-state index is 11.4. The van der Waals surface area contributed by atoms with Crippen molar-refractivity contribution in [2.24, 2.45) is 5.41 Å². The first-order valence-electron chi connectivity index (χ1n) is 6.76. The van der Waals surface area contributed by atoms with Gasteiger partial charge in [-0.25, -0.2) is 0 Å². The van der Waals surface area contributed by atoms with Crippen LogP contribution in [0.2, 0.25) is 0 Å². The van der Waals surface area contributed by atoms with Crippen LogP contribution in [0.1, 0.15) is 46.0 Å². The summed E-state index contributed by atoms with van der Waals surface area (Å²) in [5.41, 5.74) is -0.0209. The van der Waals surface area contributed by atoms with Crippen molar-refractivity contribution in [2.75, 3.05) is 19.7 Å². The fourth-order valence-electron chi connectivity index (χ4n) is 1.86. The highest BCUT2D eigenvalue weighted by molar-refractivity contribution is 5.76. The lowest BCUT2D eigenvalue weighted by atomic mass is 9.83. The van der Waals surface area contributed by atoms with E-state index < -0.39 is 0 Å². The van der Waals surface area contributed by atoms with E-state index in [1.54, 1.807) is 0 Å². The summed E-state index contributed by atoms with van der Waals surface area (Å²) in [4.78, 5) is 11.4. The van der Waals surface area contributed by atoms with Gasteiger partial charge < -0.3 is 15.7 Å². The molecule has 0 atom stereocenters. The van der Waals surface area contributed by atoms with Gasteiger partial charge in [-0.15, -0.1) is 0 Å². The molecular weight excluding hydrogens is 216 g/mol. The fourth-order valence-corrected chi connectivity index (χ4v) is 1.86. The summed E-state index contributed by atoms with van der Waals surface area (Å²) < 4.78 is 0. The van der Waals surface area contributed by atoms with Gasteiger partial charge in [0.15, 0.2) is 0 Å². The summed E-state index contributed by atoms with van der Waals surface area (Å²) in [7, 11) is 0. The van der Waals surface area contributed by atoms with Crippen molar-refractivity contribution in [3.05, 3.63) is 0 Å². The number of nitrogens with one attached hydrogen (secondary N) is 2.